The van der Waals surface area contributed by atoms with Gasteiger partial charge < -0.3 is 10.2 Å². The Morgan fingerprint density at radius 3 is 2.23 bits per heavy atom. The van der Waals surface area contributed by atoms with Crippen LogP contribution in [0.5, 0.6) is 0 Å². The van der Waals surface area contributed by atoms with E-state index in [9.17, 15) is 22.4 Å². The number of carbonyl (C=O) groups excluding carboxylic acids is 2. The Balaban J connectivity index is 2.08. The molecule has 11 heteroatoms. The van der Waals surface area contributed by atoms with Crippen LogP contribution < -0.4 is 9.62 Å². The van der Waals surface area contributed by atoms with Crippen molar-refractivity contribution in [1.29, 1.82) is 0 Å². The molecule has 0 fully saturated rings. The van der Waals surface area contributed by atoms with Gasteiger partial charge in [-0.3, -0.25) is 13.9 Å². The van der Waals surface area contributed by atoms with Crippen LogP contribution in [0.2, 0.25) is 10.0 Å². The number of carbonyl (C=O) groups is 2. The van der Waals surface area contributed by atoms with Crippen molar-refractivity contribution in [1.82, 2.24) is 10.2 Å². The van der Waals surface area contributed by atoms with Crippen molar-refractivity contribution in [2.24, 2.45) is 0 Å². The van der Waals surface area contributed by atoms with E-state index in [1.54, 1.807) is 12.1 Å². The van der Waals surface area contributed by atoms with Crippen molar-refractivity contribution in [3.8, 4) is 0 Å². The molecule has 1 N–H and O–H groups in total. The minimum atomic E-state index is -3.95. The first-order valence-electron chi connectivity index (χ1n) is 12.7. The van der Waals surface area contributed by atoms with E-state index in [1.165, 1.54) is 23.1 Å². The van der Waals surface area contributed by atoms with Gasteiger partial charge >= 0.3 is 0 Å². The summed E-state index contributed by atoms with van der Waals surface area (Å²) in [6.45, 7) is 3.10. The van der Waals surface area contributed by atoms with E-state index in [1.807, 2.05) is 44.2 Å². The zero-order chi connectivity index (χ0) is 29.4. The van der Waals surface area contributed by atoms with Crippen LogP contribution in [0.15, 0.2) is 72.8 Å². The maximum absolute atomic E-state index is 14.0. The Bertz CT molecular complexity index is 1420. The third kappa shape index (κ3) is 8.68. The van der Waals surface area contributed by atoms with Crippen LogP contribution in [0.1, 0.15) is 31.4 Å². The summed E-state index contributed by atoms with van der Waals surface area (Å²) in [5.74, 6) is -1.57. The molecule has 0 saturated carbocycles. The van der Waals surface area contributed by atoms with Gasteiger partial charge in [0.2, 0.25) is 21.8 Å². The lowest BCUT2D eigenvalue weighted by molar-refractivity contribution is -0.140. The number of amides is 2. The molecule has 0 aromatic heterocycles. The van der Waals surface area contributed by atoms with Crippen LogP contribution >= 0.6 is 23.2 Å². The molecule has 214 valence electrons. The second kappa shape index (κ2) is 14.0. The molecule has 3 rings (SSSR count). The lowest BCUT2D eigenvalue weighted by atomic mass is 10.0. The summed E-state index contributed by atoms with van der Waals surface area (Å²) in [6, 6.07) is 17.7. The zero-order valence-electron chi connectivity index (χ0n) is 22.5. The molecule has 3 aromatic rings. The number of sulfonamides is 1. The predicted octanol–water partition coefficient (Wildman–Crippen LogP) is 5.45. The topological polar surface area (TPSA) is 86.8 Å². The van der Waals surface area contributed by atoms with Gasteiger partial charge in [0.25, 0.3) is 0 Å². The van der Waals surface area contributed by atoms with Crippen LogP contribution in [0.25, 0.3) is 0 Å². The maximum Gasteiger partial charge on any atom is 0.244 e. The van der Waals surface area contributed by atoms with Gasteiger partial charge in [-0.25, -0.2) is 12.8 Å². The van der Waals surface area contributed by atoms with Gasteiger partial charge in [-0.05, 0) is 60.9 Å². The number of nitrogens with one attached hydrogen (secondary N) is 1. The SMILES string of the molecule is CC[C@H](C)NC(=O)[C@@H](Cc1ccccc1)N(Cc1ccc(Cl)cc1Cl)C(=O)CN(c1ccc(F)cc1)S(C)(=O)=O. The molecule has 0 saturated heterocycles. The molecule has 0 unspecified atom stereocenters. The number of rotatable bonds is 12. The average molecular weight is 609 g/mol. The molecule has 0 aliphatic carbocycles. The summed E-state index contributed by atoms with van der Waals surface area (Å²) >= 11 is 12.5. The molecular formula is C29H32Cl2FN3O4S. The second-order valence-corrected chi connectivity index (χ2v) is 12.3. The monoisotopic (exact) mass is 607 g/mol. The average Bonchev–Trinajstić information content (AvgIpc) is 2.90. The van der Waals surface area contributed by atoms with Crippen molar-refractivity contribution in [2.75, 3.05) is 17.1 Å². The Labute approximate surface area is 244 Å². The van der Waals surface area contributed by atoms with E-state index in [0.29, 0.717) is 22.0 Å². The molecule has 0 aliphatic heterocycles. The molecule has 3 aromatic carbocycles. The van der Waals surface area contributed by atoms with Crippen LogP contribution in [0.3, 0.4) is 0 Å². The van der Waals surface area contributed by atoms with Crippen LogP contribution in [-0.4, -0.2) is 50.0 Å². The fourth-order valence-corrected chi connectivity index (χ4v) is 5.37. The highest BCUT2D eigenvalue weighted by Crippen LogP contribution is 2.25. The highest BCUT2D eigenvalue weighted by molar-refractivity contribution is 7.92. The van der Waals surface area contributed by atoms with Crippen molar-refractivity contribution >= 4 is 50.7 Å². The van der Waals surface area contributed by atoms with Gasteiger partial charge in [-0.1, -0.05) is 66.5 Å². The number of nitrogens with zero attached hydrogens (tertiary/aromatic N) is 2. The lowest BCUT2D eigenvalue weighted by Gasteiger charge is -2.34. The zero-order valence-corrected chi connectivity index (χ0v) is 24.8. The first-order valence-corrected chi connectivity index (χ1v) is 15.3. The number of anilines is 1. The van der Waals surface area contributed by atoms with E-state index >= 15 is 0 Å². The van der Waals surface area contributed by atoms with Gasteiger partial charge in [0.15, 0.2) is 0 Å². The van der Waals surface area contributed by atoms with Crippen molar-refractivity contribution in [3.63, 3.8) is 0 Å². The molecule has 0 aliphatic rings. The molecule has 0 radical (unpaired) electrons. The van der Waals surface area contributed by atoms with E-state index in [2.05, 4.69) is 5.32 Å². The minimum Gasteiger partial charge on any atom is -0.352 e. The molecule has 0 heterocycles. The number of benzene rings is 3. The quantitative estimate of drug-likeness (QED) is 0.296. The summed E-state index contributed by atoms with van der Waals surface area (Å²) in [4.78, 5) is 29.0. The van der Waals surface area contributed by atoms with Crippen molar-refractivity contribution in [3.05, 3.63) is 99.8 Å². The summed E-state index contributed by atoms with van der Waals surface area (Å²) in [7, 11) is -3.95. The largest absolute Gasteiger partial charge is 0.352 e. The highest BCUT2D eigenvalue weighted by atomic mass is 35.5. The Kier molecular flexibility index (Phi) is 11.0. The standard InChI is InChI=1S/C29H32Cl2FN3O4S/c1-4-20(2)33-29(37)27(16-21-8-6-5-7-9-21)34(18-22-10-11-23(30)17-26(22)31)28(36)19-35(40(3,38)39)25-14-12-24(32)13-15-25/h5-15,17,20,27H,4,16,18-19H2,1-3H3,(H,33,37)/t20-,27+/m0/s1. The predicted molar refractivity (Wildman–Crippen MR) is 157 cm³/mol. The third-order valence-corrected chi connectivity index (χ3v) is 8.15. The van der Waals surface area contributed by atoms with Crippen LogP contribution in [-0.2, 0) is 32.6 Å². The van der Waals surface area contributed by atoms with Gasteiger partial charge in [0.05, 0.1) is 11.9 Å². The minimum absolute atomic E-state index is 0.0821. The molecule has 7 nitrogen and oxygen atoms in total. The Hall–Kier alpha value is -3.14. The van der Waals surface area contributed by atoms with E-state index in [-0.39, 0.29) is 30.6 Å². The summed E-state index contributed by atoms with van der Waals surface area (Å²) in [6.07, 6.45) is 1.81. The number of halogens is 3. The third-order valence-electron chi connectivity index (χ3n) is 6.42. The van der Waals surface area contributed by atoms with Gasteiger partial charge in [-0.15, -0.1) is 0 Å². The van der Waals surface area contributed by atoms with Gasteiger partial charge in [0, 0.05) is 29.1 Å². The summed E-state index contributed by atoms with van der Waals surface area (Å²) in [5, 5.41) is 3.66. The maximum atomic E-state index is 14.0. The molecular weight excluding hydrogens is 576 g/mol. The van der Waals surface area contributed by atoms with Gasteiger partial charge in [-0.2, -0.15) is 0 Å². The van der Waals surface area contributed by atoms with Crippen LogP contribution in [0.4, 0.5) is 10.1 Å². The Morgan fingerprint density at radius 2 is 1.65 bits per heavy atom. The Morgan fingerprint density at radius 1 is 1.00 bits per heavy atom. The molecule has 0 spiro atoms. The summed E-state index contributed by atoms with van der Waals surface area (Å²) in [5.41, 5.74) is 1.46. The number of hydrogen-bond acceptors (Lipinski definition) is 4. The van der Waals surface area contributed by atoms with E-state index < -0.39 is 34.3 Å². The second-order valence-electron chi connectivity index (χ2n) is 9.53. The molecule has 2 amide bonds. The number of hydrogen-bond donors (Lipinski definition) is 1. The summed E-state index contributed by atoms with van der Waals surface area (Å²) < 4.78 is 40.0. The van der Waals surface area contributed by atoms with Crippen molar-refractivity contribution < 1.29 is 22.4 Å². The molecule has 2 atom stereocenters. The van der Waals surface area contributed by atoms with E-state index in [4.69, 9.17) is 23.2 Å². The first kappa shape index (κ1) is 31.4. The normalized spacial score (nSPS) is 12.8. The lowest BCUT2D eigenvalue weighted by Crippen LogP contribution is -2.54. The molecule has 0 bridgehead atoms. The smallest absolute Gasteiger partial charge is 0.244 e. The fourth-order valence-electron chi connectivity index (χ4n) is 4.05. The molecule has 40 heavy (non-hydrogen) atoms. The first-order chi connectivity index (χ1) is 18.9. The van der Waals surface area contributed by atoms with Gasteiger partial charge in [0.1, 0.15) is 18.4 Å². The van der Waals surface area contributed by atoms with E-state index in [0.717, 1.165) is 28.3 Å². The van der Waals surface area contributed by atoms with Crippen molar-refractivity contribution in [2.45, 2.75) is 45.3 Å². The van der Waals surface area contributed by atoms with Crippen LogP contribution in [0, 0.1) is 5.82 Å². The fraction of sp³-hybridized carbons (Fsp3) is 0.310. The highest BCUT2D eigenvalue weighted by Gasteiger charge is 2.33.